The lowest BCUT2D eigenvalue weighted by molar-refractivity contribution is 1.19. The van der Waals surface area contributed by atoms with Crippen LogP contribution in [0.15, 0.2) is 72.3 Å². The van der Waals surface area contributed by atoms with Gasteiger partial charge in [0.2, 0.25) is 0 Å². The van der Waals surface area contributed by atoms with Crippen LogP contribution in [-0.2, 0) is 0 Å². The molecule has 0 unspecified atom stereocenters. The van der Waals surface area contributed by atoms with Crippen LogP contribution in [0.1, 0.15) is 52.7 Å². The quantitative estimate of drug-likeness (QED) is 0.319. The normalized spacial score (nSPS) is 13.8. The SMILES string of the molecule is CC[Si](CC)(CC)c1ccc(C(=C2[C]=CC=C2)c2ccc([Si](CC)(CC)CC)cc2)cc1. The summed E-state index contributed by atoms with van der Waals surface area (Å²) in [5.41, 5.74) is 5.11. The van der Waals surface area contributed by atoms with Crippen LogP contribution < -0.4 is 10.4 Å². The minimum absolute atomic E-state index is 1.19. The molecular formula is C30H41Si2. The zero-order valence-electron chi connectivity index (χ0n) is 21.1. The molecule has 0 heterocycles. The maximum Gasteiger partial charge on any atom is 0.0859 e. The summed E-state index contributed by atoms with van der Waals surface area (Å²) in [7, 11) is -2.70. The highest BCUT2D eigenvalue weighted by molar-refractivity contribution is 6.92. The molecule has 169 valence electrons. The highest BCUT2D eigenvalue weighted by Gasteiger charge is 2.30. The van der Waals surface area contributed by atoms with Crippen LogP contribution >= 0.6 is 0 Å². The van der Waals surface area contributed by atoms with Crippen molar-refractivity contribution in [2.75, 3.05) is 0 Å². The molecule has 2 aromatic carbocycles. The second-order valence-corrected chi connectivity index (χ2v) is 19.8. The van der Waals surface area contributed by atoms with Crippen LogP contribution in [0.2, 0.25) is 36.3 Å². The molecule has 2 aromatic rings. The van der Waals surface area contributed by atoms with Gasteiger partial charge in [0.05, 0.1) is 16.1 Å². The highest BCUT2D eigenvalue weighted by atomic mass is 28.3. The van der Waals surface area contributed by atoms with E-state index in [2.05, 4.69) is 108 Å². The topological polar surface area (TPSA) is 0 Å². The fourth-order valence-electron chi connectivity index (χ4n) is 5.67. The average molecular weight is 458 g/mol. The molecule has 0 spiro atoms. The molecular weight excluding hydrogens is 417 g/mol. The molecule has 0 atom stereocenters. The Morgan fingerprint density at radius 3 is 1.25 bits per heavy atom. The summed E-state index contributed by atoms with van der Waals surface area (Å²) in [6.07, 6.45) is 9.80. The molecule has 0 N–H and O–H groups in total. The second kappa shape index (κ2) is 10.8. The summed E-state index contributed by atoms with van der Waals surface area (Å²) in [6, 6.07) is 27.1. The zero-order valence-corrected chi connectivity index (χ0v) is 23.1. The first kappa shape index (κ1) is 24.7. The van der Waals surface area contributed by atoms with Gasteiger partial charge >= 0.3 is 0 Å². The van der Waals surface area contributed by atoms with Crippen molar-refractivity contribution in [2.24, 2.45) is 0 Å². The van der Waals surface area contributed by atoms with Crippen molar-refractivity contribution in [3.63, 3.8) is 0 Å². The summed E-state index contributed by atoms with van der Waals surface area (Å²) in [5.74, 6) is 0. The molecule has 2 heteroatoms. The number of hydrogen-bond acceptors (Lipinski definition) is 0. The summed E-state index contributed by atoms with van der Waals surface area (Å²) in [5, 5.41) is 3.22. The summed E-state index contributed by atoms with van der Waals surface area (Å²) in [4.78, 5) is 0. The molecule has 32 heavy (non-hydrogen) atoms. The Bertz CT molecular complexity index is 870. The first-order valence-electron chi connectivity index (χ1n) is 12.8. The molecule has 0 aliphatic heterocycles. The third-order valence-electron chi connectivity index (χ3n) is 8.50. The van der Waals surface area contributed by atoms with Crippen molar-refractivity contribution in [2.45, 2.75) is 77.8 Å². The van der Waals surface area contributed by atoms with E-state index < -0.39 is 16.1 Å². The molecule has 0 aromatic heterocycles. The maximum absolute atomic E-state index is 3.47. The molecule has 0 saturated carbocycles. The smallest absolute Gasteiger partial charge is 0.0675 e. The van der Waals surface area contributed by atoms with Crippen molar-refractivity contribution in [1.82, 2.24) is 0 Å². The van der Waals surface area contributed by atoms with E-state index in [-0.39, 0.29) is 0 Å². The predicted molar refractivity (Wildman–Crippen MR) is 150 cm³/mol. The highest BCUT2D eigenvalue weighted by Crippen LogP contribution is 2.31. The molecule has 1 aliphatic rings. The van der Waals surface area contributed by atoms with Gasteiger partial charge in [-0.15, -0.1) is 0 Å². The van der Waals surface area contributed by atoms with E-state index in [1.165, 1.54) is 58.5 Å². The monoisotopic (exact) mass is 457 g/mol. The lowest BCUT2D eigenvalue weighted by atomic mass is 9.93. The fraction of sp³-hybridized carbons (Fsp3) is 0.400. The molecule has 1 radical (unpaired) electrons. The number of rotatable bonds is 10. The first-order valence-corrected chi connectivity index (χ1v) is 18.0. The van der Waals surface area contributed by atoms with Crippen molar-refractivity contribution < 1.29 is 0 Å². The van der Waals surface area contributed by atoms with Gasteiger partial charge in [-0.25, -0.2) is 0 Å². The Kier molecular flexibility index (Phi) is 8.35. The van der Waals surface area contributed by atoms with Gasteiger partial charge in [0, 0.05) is 0 Å². The van der Waals surface area contributed by atoms with Gasteiger partial charge in [-0.3, -0.25) is 0 Å². The summed E-state index contributed by atoms with van der Waals surface area (Å²) in [6.45, 7) is 14.3. The van der Waals surface area contributed by atoms with Crippen LogP contribution in [-0.4, -0.2) is 16.1 Å². The largest absolute Gasteiger partial charge is 0.0859 e. The van der Waals surface area contributed by atoms with E-state index in [0.29, 0.717) is 0 Å². The molecule has 0 amide bonds. The van der Waals surface area contributed by atoms with Crippen LogP contribution in [0.5, 0.6) is 0 Å². The predicted octanol–water partition coefficient (Wildman–Crippen LogP) is 7.85. The summed E-state index contributed by atoms with van der Waals surface area (Å²) >= 11 is 0. The van der Waals surface area contributed by atoms with Crippen molar-refractivity contribution in [3.8, 4) is 0 Å². The van der Waals surface area contributed by atoms with Gasteiger partial charge < -0.3 is 0 Å². The molecule has 0 saturated heterocycles. The Hall–Kier alpha value is -1.91. The van der Waals surface area contributed by atoms with Gasteiger partial charge in [0.25, 0.3) is 0 Å². The van der Waals surface area contributed by atoms with Crippen molar-refractivity contribution >= 4 is 32.1 Å². The van der Waals surface area contributed by atoms with Crippen LogP contribution in [0, 0.1) is 6.08 Å². The van der Waals surface area contributed by atoms with Gasteiger partial charge in [-0.1, -0.05) is 155 Å². The van der Waals surface area contributed by atoms with E-state index in [9.17, 15) is 0 Å². The minimum atomic E-state index is -1.35. The second-order valence-electron chi connectivity index (χ2n) is 9.30. The third-order valence-corrected chi connectivity index (χ3v) is 19.7. The lowest BCUT2D eigenvalue weighted by Gasteiger charge is -2.29. The molecule has 3 rings (SSSR count). The first-order chi connectivity index (χ1) is 15.5. The fourth-order valence-corrected chi connectivity index (χ4v) is 12.9. The van der Waals surface area contributed by atoms with Gasteiger partial charge in [0.1, 0.15) is 0 Å². The van der Waals surface area contributed by atoms with E-state index in [4.69, 9.17) is 0 Å². The van der Waals surface area contributed by atoms with E-state index in [1.807, 2.05) is 6.08 Å². The third kappa shape index (κ3) is 4.58. The molecule has 0 fully saturated rings. The Balaban J connectivity index is 2.05. The summed E-state index contributed by atoms with van der Waals surface area (Å²) < 4.78 is 0. The molecule has 0 nitrogen and oxygen atoms in total. The van der Waals surface area contributed by atoms with Crippen LogP contribution in [0.4, 0.5) is 0 Å². The van der Waals surface area contributed by atoms with E-state index in [1.54, 1.807) is 10.4 Å². The maximum atomic E-state index is 3.47. The number of hydrogen-bond donors (Lipinski definition) is 0. The Morgan fingerprint density at radius 2 is 0.969 bits per heavy atom. The molecule has 0 bridgehead atoms. The standard InChI is InChI=1S/C30H41Si2/c1-7-31(8-2,9-3)28-21-17-26(18-22-28)30(25-15-13-14-16-25)27-19-23-29(24-20-27)32(10-4,11-5)12-6/h13-15,17-24H,7-12H2,1-6H3. The average Bonchev–Trinajstić information content (AvgIpc) is 3.38. The van der Waals surface area contributed by atoms with E-state index in [0.717, 1.165) is 0 Å². The van der Waals surface area contributed by atoms with Gasteiger partial charge in [0.15, 0.2) is 0 Å². The van der Waals surface area contributed by atoms with Crippen LogP contribution in [0.3, 0.4) is 0 Å². The van der Waals surface area contributed by atoms with Gasteiger partial charge in [-0.2, -0.15) is 0 Å². The van der Waals surface area contributed by atoms with E-state index >= 15 is 0 Å². The lowest BCUT2D eigenvalue weighted by Crippen LogP contribution is -2.45. The number of benzene rings is 2. The number of allylic oxidation sites excluding steroid dienone is 5. The van der Waals surface area contributed by atoms with Crippen LogP contribution in [0.25, 0.3) is 5.57 Å². The van der Waals surface area contributed by atoms with Crippen molar-refractivity contribution in [1.29, 1.82) is 0 Å². The Labute approximate surface area is 199 Å². The molecule has 1 aliphatic carbocycles. The zero-order chi connectivity index (χ0) is 23.2. The van der Waals surface area contributed by atoms with Crippen molar-refractivity contribution in [3.05, 3.63) is 89.5 Å². The Morgan fingerprint density at radius 1 is 0.594 bits per heavy atom. The minimum Gasteiger partial charge on any atom is -0.0675 e. The van der Waals surface area contributed by atoms with Gasteiger partial charge in [-0.05, 0) is 28.3 Å².